The van der Waals surface area contributed by atoms with Crippen molar-refractivity contribution in [3.8, 4) is 6.07 Å². The van der Waals surface area contributed by atoms with Crippen LogP contribution < -0.4 is 5.32 Å². The molecule has 84 valence electrons. The van der Waals surface area contributed by atoms with Crippen molar-refractivity contribution in [3.63, 3.8) is 0 Å². The van der Waals surface area contributed by atoms with E-state index >= 15 is 0 Å². The van der Waals surface area contributed by atoms with Crippen molar-refractivity contribution in [2.75, 3.05) is 5.32 Å². The summed E-state index contributed by atoms with van der Waals surface area (Å²) >= 11 is 3.26. The molecule has 0 saturated carbocycles. The number of halogens is 2. The molecule has 0 bridgehead atoms. The van der Waals surface area contributed by atoms with E-state index in [1.807, 2.05) is 6.07 Å². The molecule has 5 heteroatoms. The molecule has 0 spiro atoms. The maximum absolute atomic E-state index is 13.5. The van der Waals surface area contributed by atoms with Crippen molar-refractivity contribution in [1.82, 2.24) is 4.98 Å². The minimum Gasteiger partial charge on any atom is -0.352 e. The van der Waals surface area contributed by atoms with Gasteiger partial charge in [0.25, 0.3) is 0 Å². The first kappa shape index (κ1) is 11.6. The third-order valence-corrected chi connectivity index (χ3v) is 2.77. The molecule has 0 atom stereocenters. The molecule has 1 aromatic carbocycles. The molecular weight excluding hydrogens is 285 g/mol. The third kappa shape index (κ3) is 2.60. The number of anilines is 2. The van der Waals surface area contributed by atoms with E-state index in [1.165, 1.54) is 12.3 Å². The molecule has 0 radical (unpaired) electrons. The summed E-state index contributed by atoms with van der Waals surface area (Å²) in [6, 6.07) is 9.85. The number of rotatable bonds is 2. The Hall–Kier alpha value is -1.93. The van der Waals surface area contributed by atoms with E-state index in [0.717, 1.165) is 0 Å². The Kier molecular flexibility index (Phi) is 3.35. The van der Waals surface area contributed by atoms with Gasteiger partial charge in [0.2, 0.25) is 0 Å². The molecule has 17 heavy (non-hydrogen) atoms. The zero-order valence-corrected chi connectivity index (χ0v) is 10.2. The fourth-order valence-corrected chi connectivity index (χ4v) is 1.77. The van der Waals surface area contributed by atoms with Gasteiger partial charge in [0.15, 0.2) is 0 Å². The largest absolute Gasteiger partial charge is 0.352 e. The van der Waals surface area contributed by atoms with E-state index in [1.54, 1.807) is 24.3 Å². The van der Waals surface area contributed by atoms with Gasteiger partial charge in [-0.1, -0.05) is 6.07 Å². The SMILES string of the molecule is N#Cc1cc(Nc2c(F)cccc2Br)ccn1. The van der Waals surface area contributed by atoms with Gasteiger partial charge in [0, 0.05) is 16.4 Å². The number of nitriles is 1. The second-order valence-corrected chi connectivity index (χ2v) is 4.12. The van der Waals surface area contributed by atoms with Gasteiger partial charge in [-0.15, -0.1) is 0 Å². The average molecular weight is 292 g/mol. The van der Waals surface area contributed by atoms with Crippen molar-refractivity contribution in [2.24, 2.45) is 0 Å². The molecule has 2 rings (SSSR count). The van der Waals surface area contributed by atoms with Crippen LogP contribution in [0.5, 0.6) is 0 Å². The predicted octanol–water partition coefficient (Wildman–Crippen LogP) is 3.60. The highest BCUT2D eigenvalue weighted by Crippen LogP contribution is 2.28. The maximum atomic E-state index is 13.5. The van der Waals surface area contributed by atoms with E-state index < -0.39 is 0 Å². The van der Waals surface area contributed by atoms with Gasteiger partial charge < -0.3 is 5.32 Å². The second kappa shape index (κ2) is 4.93. The third-order valence-electron chi connectivity index (χ3n) is 2.11. The standard InChI is InChI=1S/C12H7BrFN3/c13-10-2-1-3-11(14)12(10)17-8-4-5-16-9(6-8)7-15/h1-6H,(H,16,17). The van der Waals surface area contributed by atoms with Crippen LogP contribution in [0.25, 0.3) is 0 Å². The normalized spacial score (nSPS) is 9.71. The van der Waals surface area contributed by atoms with Crippen LogP contribution >= 0.6 is 15.9 Å². The van der Waals surface area contributed by atoms with Crippen LogP contribution in [0.3, 0.4) is 0 Å². The molecule has 1 aromatic heterocycles. The van der Waals surface area contributed by atoms with E-state index in [-0.39, 0.29) is 11.5 Å². The molecule has 0 aliphatic heterocycles. The van der Waals surface area contributed by atoms with Crippen LogP contribution in [-0.2, 0) is 0 Å². The van der Waals surface area contributed by atoms with Gasteiger partial charge in [-0.3, -0.25) is 0 Å². The van der Waals surface area contributed by atoms with E-state index in [9.17, 15) is 4.39 Å². The summed E-state index contributed by atoms with van der Waals surface area (Å²) in [6.07, 6.45) is 1.50. The van der Waals surface area contributed by atoms with Crippen molar-refractivity contribution in [1.29, 1.82) is 5.26 Å². The first-order valence-corrected chi connectivity index (χ1v) is 5.57. The number of hydrogen-bond acceptors (Lipinski definition) is 3. The maximum Gasteiger partial charge on any atom is 0.147 e. The van der Waals surface area contributed by atoms with Gasteiger partial charge in [0.1, 0.15) is 17.6 Å². The lowest BCUT2D eigenvalue weighted by Crippen LogP contribution is -1.96. The topological polar surface area (TPSA) is 48.7 Å². The fraction of sp³-hybridized carbons (Fsp3) is 0. The van der Waals surface area contributed by atoms with Gasteiger partial charge in [-0.25, -0.2) is 9.37 Å². The lowest BCUT2D eigenvalue weighted by Gasteiger charge is -2.09. The Bertz CT molecular complexity index is 572. The molecule has 0 aliphatic carbocycles. The molecule has 1 N–H and O–H groups in total. The minimum absolute atomic E-state index is 0.280. The lowest BCUT2D eigenvalue weighted by molar-refractivity contribution is 0.631. The summed E-state index contributed by atoms with van der Waals surface area (Å²) in [7, 11) is 0. The molecule has 3 nitrogen and oxygen atoms in total. The summed E-state index contributed by atoms with van der Waals surface area (Å²) in [5, 5.41) is 11.6. The fourth-order valence-electron chi connectivity index (χ4n) is 1.33. The highest BCUT2D eigenvalue weighted by molar-refractivity contribution is 9.10. The minimum atomic E-state index is -0.366. The van der Waals surface area contributed by atoms with Crippen LogP contribution in [-0.4, -0.2) is 4.98 Å². The molecule has 0 saturated heterocycles. The van der Waals surface area contributed by atoms with Crippen molar-refractivity contribution < 1.29 is 4.39 Å². The van der Waals surface area contributed by atoms with E-state index in [2.05, 4.69) is 26.2 Å². The van der Waals surface area contributed by atoms with Gasteiger partial charge in [-0.05, 0) is 40.2 Å². The molecule has 1 heterocycles. The van der Waals surface area contributed by atoms with Crippen LogP contribution in [0.15, 0.2) is 41.0 Å². The number of para-hydroxylation sites is 1. The molecule has 0 unspecified atom stereocenters. The lowest BCUT2D eigenvalue weighted by atomic mass is 10.2. The highest BCUT2D eigenvalue weighted by Gasteiger charge is 2.06. The van der Waals surface area contributed by atoms with Crippen molar-refractivity contribution in [2.45, 2.75) is 0 Å². The Morgan fingerprint density at radius 2 is 2.18 bits per heavy atom. The summed E-state index contributed by atoms with van der Waals surface area (Å²) in [5.74, 6) is -0.366. The molecular formula is C12H7BrFN3. The molecule has 0 aliphatic rings. The Balaban J connectivity index is 2.35. The first-order chi connectivity index (χ1) is 8.20. The van der Waals surface area contributed by atoms with Gasteiger partial charge >= 0.3 is 0 Å². The van der Waals surface area contributed by atoms with Crippen LogP contribution in [0.2, 0.25) is 0 Å². The van der Waals surface area contributed by atoms with Crippen LogP contribution in [0.1, 0.15) is 5.69 Å². The zero-order valence-electron chi connectivity index (χ0n) is 8.61. The van der Waals surface area contributed by atoms with Gasteiger partial charge in [0.05, 0.1) is 5.69 Å². The predicted molar refractivity (Wildman–Crippen MR) is 66.3 cm³/mol. The molecule has 2 aromatic rings. The van der Waals surface area contributed by atoms with Crippen LogP contribution in [0.4, 0.5) is 15.8 Å². The number of benzene rings is 1. The zero-order chi connectivity index (χ0) is 12.3. The van der Waals surface area contributed by atoms with E-state index in [0.29, 0.717) is 15.8 Å². The number of nitrogens with one attached hydrogen (secondary N) is 1. The molecule has 0 fully saturated rings. The van der Waals surface area contributed by atoms with E-state index in [4.69, 9.17) is 5.26 Å². The summed E-state index contributed by atoms with van der Waals surface area (Å²) in [4.78, 5) is 3.84. The quantitative estimate of drug-likeness (QED) is 0.920. The number of nitrogens with zero attached hydrogens (tertiary/aromatic N) is 2. The van der Waals surface area contributed by atoms with Crippen LogP contribution in [0, 0.1) is 17.1 Å². The second-order valence-electron chi connectivity index (χ2n) is 3.26. The Labute approximate surface area is 106 Å². The number of hydrogen-bond donors (Lipinski definition) is 1. The Morgan fingerprint density at radius 3 is 2.88 bits per heavy atom. The van der Waals surface area contributed by atoms with Crippen molar-refractivity contribution in [3.05, 3.63) is 52.5 Å². The highest BCUT2D eigenvalue weighted by atomic mass is 79.9. The average Bonchev–Trinajstić information content (AvgIpc) is 2.34. The molecule has 0 amide bonds. The number of aromatic nitrogens is 1. The monoisotopic (exact) mass is 291 g/mol. The Morgan fingerprint density at radius 1 is 1.35 bits per heavy atom. The van der Waals surface area contributed by atoms with Crippen molar-refractivity contribution >= 4 is 27.3 Å². The summed E-state index contributed by atoms with van der Waals surface area (Å²) < 4.78 is 14.2. The van der Waals surface area contributed by atoms with Gasteiger partial charge in [-0.2, -0.15) is 5.26 Å². The summed E-state index contributed by atoms with van der Waals surface area (Å²) in [6.45, 7) is 0. The summed E-state index contributed by atoms with van der Waals surface area (Å²) in [5.41, 5.74) is 1.23. The number of pyridine rings is 1. The smallest absolute Gasteiger partial charge is 0.147 e. The first-order valence-electron chi connectivity index (χ1n) is 4.78.